The van der Waals surface area contributed by atoms with Crippen LogP contribution in [0, 0.1) is 18.8 Å². The average Bonchev–Trinajstić information content (AvgIpc) is 2.05. The molecule has 1 rings (SSSR count). The summed E-state index contributed by atoms with van der Waals surface area (Å²) in [5.41, 5.74) is 0. The summed E-state index contributed by atoms with van der Waals surface area (Å²) in [6.45, 7) is 6.27. The van der Waals surface area contributed by atoms with Crippen molar-refractivity contribution in [2.45, 2.75) is 45.4 Å². The second-order valence-electron chi connectivity index (χ2n) is 3.58. The van der Waals surface area contributed by atoms with Crippen LogP contribution in [0.5, 0.6) is 0 Å². The Labute approximate surface area is 104 Å². The maximum atomic E-state index is 3.96. The fourth-order valence-corrected chi connectivity index (χ4v) is 1.93. The molecule has 1 aliphatic rings. The molecule has 0 aromatic rings. The van der Waals surface area contributed by atoms with E-state index in [1.54, 1.807) is 0 Å². The normalized spacial score (nSPS) is 28.5. The van der Waals surface area contributed by atoms with Crippen LogP contribution in [0.4, 0.5) is 0 Å². The van der Waals surface area contributed by atoms with Crippen molar-refractivity contribution in [3.05, 3.63) is 6.92 Å². The largest absolute Gasteiger partial charge is 2.00 e. The van der Waals surface area contributed by atoms with E-state index in [1.165, 1.54) is 32.1 Å². The van der Waals surface area contributed by atoms with Crippen molar-refractivity contribution < 1.29 is 17.0 Å². The zero-order valence-corrected chi connectivity index (χ0v) is 11.2. The van der Waals surface area contributed by atoms with Crippen LogP contribution in [-0.2, 0) is 0 Å². The Bertz CT molecular complexity index is 75.8. The van der Waals surface area contributed by atoms with Crippen molar-refractivity contribution in [3.63, 3.8) is 0 Å². The first-order valence-corrected chi connectivity index (χ1v) is 4.66. The minimum absolute atomic E-state index is 0. The molecule has 0 spiro atoms. The molecule has 0 saturated heterocycles. The zero-order chi connectivity index (χ0) is 7.40. The van der Waals surface area contributed by atoms with Gasteiger partial charge >= 0.3 is 23.1 Å². The zero-order valence-electron chi connectivity index (χ0n) is 8.19. The molecule has 0 amide bonds. The fraction of sp³-hybridized carbons (Fsp3) is 0.900. The van der Waals surface area contributed by atoms with Gasteiger partial charge in [0, 0.05) is 0 Å². The van der Waals surface area contributed by atoms with E-state index in [0.29, 0.717) is 0 Å². The van der Waals surface area contributed by atoms with E-state index >= 15 is 0 Å². The van der Waals surface area contributed by atoms with Crippen molar-refractivity contribution >= 4 is 23.1 Å². The van der Waals surface area contributed by atoms with E-state index in [1.807, 2.05) is 0 Å². The Morgan fingerprint density at radius 3 is 1.83 bits per heavy atom. The first kappa shape index (κ1) is 15.7. The van der Waals surface area contributed by atoms with Gasteiger partial charge in [0.15, 0.2) is 0 Å². The molecule has 0 bridgehead atoms. The van der Waals surface area contributed by atoms with Gasteiger partial charge in [-0.15, -0.1) is 0 Å². The van der Waals surface area contributed by atoms with Crippen LogP contribution < -0.4 is 17.0 Å². The summed E-state index contributed by atoms with van der Waals surface area (Å²) in [5, 5.41) is 0. The Balaban J connectivity index is 0. The van der Waals surface area contributed by atoms with Gasteiger partial charge in [0.1, 0.15) is 0 Å². The van der Waals surface area contributed by atoms with Gasteiger partial charge in [0.05, 0.1) is 0 Å². The second-order valence-corrected chi connectivity index (χ2v) is 3.58. The van der Waals surface area contributed by atoms with Crippen LogP contribution in [0.15, 0.2) is 0 Å². The third-order valence-electron chi connectivity index (χ3n) is 2.95. The second kappa shape index (κ2) is 8.83. The van der Waals surface area contributed by atoms with Crippen molar-refractivity contribution in [1.82, 2.24) is 0 Å². The summed E-state index contributed by atoms with van der Waals surface area (Å²) < 4.78 is 0. The maximum absolute atomic E-state index is 3.96. The summed E-state index contributed by atoms with van der Waals surface area (Å²) in [5.74, 6) is 2.01. The van der Waals surface area contributed by atoms with Crippen LogP contribution in [0.1, 0.15) is 45.4 Å². The molecular weight excluding hydrogens is 224 g/mol. The van der Waals surface area contributed by atoms with E-state index in [0.717, 1.165) is 18.3 Å². The Morgan fingerprint density at radius 1 is 1.08 bits per heavy atom. The standard InChI is InChI=1S/C10H19.BrH.Mg/c1-3-9-5-7-10(4-2)8-6-9;;/h9-10H,1,3-8H2,2H3;1H;/q-1;;+2/p-1. The van der Waals surface area contributed by atoms with Crippen molar-refractivity contribution in [1.29, 1.82) is 0 Å². The van der Waals surface area contributed by atoms with Crippen molar-refractivity contribution in [2.24, 2.45) is 11.8 Å². The molecule has 0 unspecified atom stereocenters. The van der Waals surface area contributed by atoms with Gasteiger partial charge in [-0.2, -0.15) is 6.42 Å². The van der Waals surface area contributed by atoms with Crippen molar-refractivity contribution in [3.8, 4) is 0 Å². The van der Waals surface area contributed by atoms with Crippen LogP contribution in [0.3, 0.4) is 0 Å². The molecule has 1 saturated carbocycles. The smallest absolute Gasteiger partial charge is 1.00 e. The molecule has 0 aliphatic heterocycles. The first-order chi connectivity index (χ1) is 4.86. The van der Waals surface area contributed by atoms with Gasteiger partial charge in [-0.25, -0.2) is 0 Å². The van der Waals surface area contributed by atoms with Crippen LogP contribution in [-0.4, -0.2) is 23.1 Å². The van der Waals surface area contributed by atoms with Crippen LogP contribution in [0.25, 0.3) is 0 Å². The molecule has 0 aromatic carbocycles. The minimum atomic E-state index is 0. The topological polar surface area (TPSA) is 0 Å². The first-order valence-electron chi connectivity index (χ1n) is 4.66. The fourth-order valence-electron chi connectivity index (χ4n) is 1.93. The van der Waals surface area contributed by atoms with Gasteiger partial charge in [-0.05, 0) is 5.92 Å². The monoisotopic (exact) mass is 242 g/mol. The molecule has 12 heavy (non-hydrogen) atoms. The molecule has 68 valence electrons. The molecule has 0 N–H and O–H groups in total. The van der Waals surface area contributed by atoms with E-state index in [9.17, 15) is 0 Å². The third-order valence-corrected chi connectivity index (χ3v) is 2.95. The van der Waals surface area contributed by atoms with Gasteiger partial charge in [-0.1, -0.05) is 44.9 Å². The predicted molar refractivity (Wildman–Crippen MR) is 51.5 cm³/mol. The summed E-state index contributed by atoms with van der Waals surface area (Å²) >= 11 is 0. The van der Waals surface area contributed by atoms with Gasteiger partial charge in [-0.3, -0.25) is 0 Å². The van der Waals surface area contributed by atoms with Gasteiger partial charge < -0.3 is 23.9 Å². The summed E-state index contributed by atoms with van der Waals surface area (Å²) in [4.78, 5) is 0. The Morgan fingerprint density at radius 2 is 1.50 bits per heavy atom. The number of halogens is 1. The SMILES string of the molecule is [Br-].[CH2-]CC1CCC(CC)CC1.[Mg+2]. The van der Waals surface area contributed by atoms with Gasteiger partial charge in [0.2, 0.25) is 0 Å². The van der Waals surface area contributed by atoms with E-state index in [2.05, 4.69) is 13.8 Å². The Hall–Kier alpha value is 1.25. The minimum Gasteiger partial charge on any atom is -1.00 e. The summed E-state index contributed by atoms with van der Waals surface area (Å²) in [6.07, 6.45) is 8.39. The van der Waals surface area contributed by atoms with Crippen molar-refractivity contribution in [2.75, 3.05) is 0 Å². The summed E-state index contributed by atoms with van der Waals surface area (Å²) in [7, 11) is 0. The average molecular weight is 243 g/mol. The predicted octanol–water partition coefficient (Wildman–Crippen LogP) is 0.0502. The maximum Gasteiger partial charge on any atom is 2.00 e. The molecule has 1 aliphatic carbocycles. The molecule has 0 nitrogen and oxygen atoms in total. The molecule has 2 heteroatoms. The van der Waals surface area contributed by atoms with Gasteiger partial charge in [0.25, 0.3) is 0 Å². The van der Waals surface area contributed by atoms with Crippen LogP contribution >= 0.6 is 0 Å². The van der Waals surface area contributed by atoms with Crippen LogP contribution in [0.2, 0.25) is 0 Å². The number of hydrogen-bond acceptors (Lipinski definition) is 0. The summed E-state index contributed by atoms with van der Waals surface area (Å²) in [6, 6.07) is 0. The number of hydrogen-bond donors (Lipinski definition) is 0. The molecule has 0 radical (unpaired) electrons. The quantitative estimate of drug-likeness (QED) is 0.475. The molecule has 0 heterocycles. The Kier molecular flexibility index (Phi) is 11.6. The molecule has 1 fully saturated rings. The molecular formula is C10H19BrMg. The number of rotatable bonds is 2. The molecule has 0 atom stereocenters. The molecule has 0 aromatic heterocycles. The third kappa shape index (κ3) is 5.08. The van der Waals surface area contributed by atoms with E-state index in [4.69, 9.17) is 0 Å². The van der Waals surface area contributed by atoms with E-state index in [-0.39, 0.29) is 40.0 Å². The van der Waals surface area contributed by atoms with E-state index < -0.39 is 0 Å².